The minimum Gasteiger partial charge on any atom is -0.300 e. The van der Waals surface area contributed by atoms with Crippen molar-refractivity contribution in [1.82, 2.24) is 9.80 Å². The van der Waals surface area contributed by atoms with E-state index < -0.39 is 0 Å². The van der Waals surface area contributed by atoms with Crippen molar-refractivity contribution in [2.75, 3.05) is 26.2 Å². The summed E-state index contributed by atoms with van der Waals surface area (Å²) < 4.78 is 0. The van der Waals surface area contributed by atoms with Crippen LogP contribution in [0.1, 0.15) is 74.1 Å². The van der Waals surface area contributed by atoms with Gasteiger partial charge in [-0.3, -0.25) is 0 Å². The largest absolute Gasteiger partial charge is 0.300 e. The summed E-state index contributed by atoms with van der Waals surface area (Å²) in [5.41, 5.74) is 0. The molecule has 142 valence electrons. The Kier molecular flexibility index (Phi) is 7.61. The van der Waals surface area contributed by atoms with Crippen LogP contribution >= 0.6 is 0 Å². The van der Waals surface area contributed by atoms with Crippen LogP contribution in [0.15, 0.2) is 0 Å². The molecule has 0 aliphatic carbocycles. The Morgan fingerprint density at radius 1 is 0.792 bits per heavy atom. The van der Waals surface area contributed by atoms with Crippen LogP contribution in [0.5, 0.6) is 0 Å². The third-order valence-corrected chi connectivity index (χ3v) is 7.00. The van der Waals surface area contributed by atoms with Crippen molar-refractivity contribution in [2.24, 2.45) is 29.6 Å². The minimum atomic E-state index is 0.699. The summed E-state index contributed by atoms with van der Waals surface area (Å²) in [4.78, 5) is 5.56. The van der Waals surface area contributed by atoms with E-state index in [4.69, 9.17) is 0 Å². The van der Waals surface area contributed by atoms with E-state index >= 15 is 0 Å². The van der Waals surface area contributed by atoms with Crippen molar-refractivity contribution < 1.29 is 0 Å². The maximum absolute atomic E-state index is 2.81. The number of rotatable bonds is 6. The molecule has 0 amide bonds. The smallest absolute Gasteiger partial charge is 0.00701 e. The van der Waals surface area contributed by atoms with Crippen molar-refractivity contribution in [3.8, 4) is 0 Å². The van der Waals surface area contributed by atoms with Crippen LogP contribution in [0, 0.1) is 29.6 Å². The number of piperidine rings is 2. The molecule has 0 aromatic rings. The van der Waals surface area contributed by atoms with Crippen LogP contribution in [0.4, 0.5) is 0 Å². The molecule has 2 fully saturated rings. The number of likely N-dealkylation sites (tertiary alicyclic amines) is 2. The Morgan fingerprint density at radius 3 is 2.00 bits per heavy atom. The summed E-state index contributed by atoms with van der Waals surface area (Å²) in [5.74, 6) is 4.37. The Morgan fingerprint density at radius 2 is 1.42 bits per heavy atom. The monoisotopic (exact) mass is 336 g/mol. The predicted octanol–water partition coefficient (Wildman–Crippen LogP) is 5.14. The fourth-order valence-electron chi connectivity index (χ4n) is 4.98. The van der Waals surface area contributed by atoms with Gasteiger partial charge in [-0.15, -0.1) is 0 Å². The standard InChI is InChI=1S/C22H44N2/c1-16(2)21-9-8-10-23(14-21)19(7)11-20-12-22(17(3)4)15-24(13-20)18(5)6/h16-22H,8-15H2,1-7H3/t19?,20?,21-,22?/m1/s1. The molecule has 2 rings (SSSR count). The normalized spacial score (nSPS) is 32.0. The lowest BCUT2D eigenvalue weighted by Crippen LogP contribution is -2.48. The van der Waals surface area contributed by atoms with Crippen molar-refractivity contribution in [1.29, 1.82) is 0 Å². The lowest BCUT2D eigenvalue weighted by Gasteiger charge is -2.44. The summed E-state index contributed by atoms with van der Waals surface area (Å²) in [6, 6.07) is 1.46. The molecule has 4 atom stereocenters. The fraction of sp³-hybridized carbons (Fsp3) is 1.00. The molecule has 24 heavy (non-hydrogen) atoms. The minimum absolute atomic E-state index is 0.699. The summed E-state index contributed by atoms with van der Waals surface area (Å²) in [6.07, 6.45) is 5.70. The molecule has 0 spiro atoms. The summed E-state index contributed by atoms with van der Waals surface area (Å²) in [7, 11) is 0. The number of hydrogen-bond donors (Lipinski definition) is 0. The third-order valence-electron chi connectivity index (χ3n) is 7.00. The molecule has 0 bridgehead atoms. The van der Waals surface area contributed by atoms with Gasteiger partial charge in [0.1, 0.15) is 0 Å². The van der Waals surface area contributed by atoms with Gasteiger partial charge in [-0.1, -0.05) is 27.7 Å². The quantitative estimate of drug-likeness (QED) is 0.663. The van der Waals surface area contributed by atoms with Gasteiger partial charge in [0.2, 0.25) is 0 Å². The van der Waals surface area contributed by atoms with Crippen LogP contribution in [0.3, 0.4) is 0 Å². The first-order valence-corrected chi connectivity index (χ1v) is 10.8. The van der Waals surface area contributed by atoms with Gasteiger partial charge in [-0.2, -0.15) is 0 Å². The average Bonchev–Trinajstić information content (AvgIpc) is 2.54. The predicted molar refractivity (Wildman–Crippen MR) is 106 cm³/mol. The highest BCUT2D eigenvalue weighted by Crippen LogP contribution is 2.33. The molecule has 0 aromatic carbocycles. The first-order valence-electron chi connectivity index (χ1n) is 10.8. The van der Waals surface area contributed by atoms with E-state index in [1.165, 1.54) is 51.9 Å². The zero-order valence-electron chi connectivity index (χ0n) is 17.6. The van der Waals surface area contributed by atoms with E-state index in [9.17, 15) is 0 Å². The van der Waals surface area contributed by atoms with Crippen molar-refractivity contribution in [3.05, 3.63) is 0 Å². The SMILES string of the molecule is CC(C)C1CC(CC(C)N2CCC[C@@H](C(C)C)C2)CN(C(C)C)C1. The Hall–Kier alpha value is -0.0800. The molecule has 2 saturated heterocycles. The van der Waals surface area contributed by atoms with Gasteiger partial charge in [-0.05, 0) is 82.6 Å². The maximum atomic E-state index is 2.81. The molecule has 0 saturated carbocycles. The lowest BCUT2D eigenvalue weighted by molar-refractivity contribution is 0.0459. The van der Waals surface area contributed by atoms with Crippen LogP contribution in [0.2, 0.25) is 0 Å². The summed E-state index contributed by atoms with van der Waals surface area (Å²) in [6.45, 7) is 22.2. The Balaban J connectivity index is 1.92. The highest BCUT2D eigenvalue weighted by molar-refractivity contribution is 4.86. The molecule has 2 heterocycles. The van der Waals surface area contributed by atoms with Gasteiger partial charge in [0.25, 0.3) is 0 Å². The second-order valence-corrected chi connectivity index (χ2v) is 9.88. The molecule has 2 nitrogen and oxygen atoms in total. The molecule has 2 aliphatic rings. The topological polar surface area (TPSA) is 6.48 Å². The van der Waals surface area contributed by atoms with Crippen LogP contribution in [-0.4, -0.2) is 48.1 Å². The molecule has 2 aliphatic heterocycles. The average molecular weight is 337 g/mol. The second kappa shape index (κ2) is 9.03. The van der Waals surface area contributed by atoms with E-state index in [-0.39, 0.29) is 0 Å². The number of hydrogen-bond acceptors (Lipinski definition) is 2. The zero-order chi connectivity index (χ0) is 17.9. The van der Waals surface area contributed by atoms with Crippen LogP contribution < -0.4 is 0 Å². The van der Waals surface area contributed by atoms with Gasteiger partial charge in [0, 0.05) is 31.7 Å². The molecular weight excluding hydrogens is 292 g/mol. The summed E-state index contributed by atoms with van der Waals surface area (Å²) in [5, 5.41) is 0. The van der Waals surface area contributed by atoms with E-state index in [1.807, 2.05) is 0 Å². The molecule has 3 unspecified atom stereocenters. The third kappa shape index (κ3) is 5.46. The zero-order valence-corrected chi connectivity index (χ0v) is 17.6. The fourth-order valence-corrected chi connectivity index (χ4v) is 4.98. The molecular formula is C22H44N2. The van der Waals surface area contributed by atoms with Gasteiger partial charge < -0.3 is 9.80 Å². The highest BCUT2D eigenvalue weighted by Gasteiger charge is 2.33. The second-order valence-electron chi connectivity index (χ2n) is 9.88. The van der Waals surface area contributed by atoms with Gasteiger partial charge >= 0.3 is 0 Å². The molecule has 0 N–H and O–H groups in total. The first-order chi connectivity index (χ1) is 11.3. The maximum Gasteiger partial charge on any atom is 0.00701 e. The van der Waals surface area contributed by atoms with Crippen molar-refractivity contribution >= 4 is 0 Å². The molecule has 2 heteroatoms. The van der Waals surface area contributed by atoms with Crippen molar-refractivity contribution in [3.63, 3.8) is 0 Å². The molecule has 0 radical (unpaired) electrons. The van der Waals surface area contributed by atoms with Crippen LogP contribution in [0.25, 0.3) is 0 Å². The van der Waals surface area contributed by atoms with E-state index in [2.05, 4.69) is 58.3 Å². The summed E-state index contributed by atoms with van der Waals surface area (Å²) >= 11 is 0. The van der Waals surface area contributed by atoms with Gasteiger partial charge in [-0.25, -0.2) is 0 Å². The van der Waals surface area contributed by atoms with Gasteiger partial charge in [0.15, 0.2) is 0 Å². The Bertz CT molecular complexity index is 347. The Labute approximate surface area is 152 Å². The molecule has 0 aromatic heterocycles. The highest BCUT2D eigenvalue weighted by atomic mass is 15.2. The van der Waals surface area contributed by atoms with E-state index in [0.29, 0.717) is 6.04 Å². The van der Waals surface area contributed by atoms with Crippen LogP contribution in [-0.2, 0) is 0 Å². The van der Waals surface area contributed by atoms with E-state index in [1.54, 1.807) is 0 Å². The van der Waals surface area contributed by atoms with Gasteiger partial charge in [0.05, 0.1) is 0 Å². The number of nitrogens with zero attached hydrogens (tertiary/aromatic N) is 2. The lowest BCUT2D eigenvalue weighted by atomic mass is 9.79. The van der Waals surface area contributed by atoms with Crippen molar-refractivity contribution in [2.45, 2.75) is 86.2 Å². The van der Waals surface area contributed by atoms with E-state index in [0.717, 1.165) is 35.6 Å². The first kappa shape index (κ1) is 20.2.